The summed E-state index contributed by atoms with van der Waals surface area (Å²) in [5.74, 6) is -1.32. The van der Waals surface area contributed by atoms with E-state index in [1.165, 1.54) is 6.08 Å². The molecule has 0 unspecified atom stereocenters. The number of rotatable bonds is 4. The molecule has 0 aromatic heterocycles. The zero-order valence-corrected chi connectivity index (χ0v) is 10.8. The maximum Gasteiger partial charge on any atom is 0.232 e. The first-order valence-electron chi connectivity index (χ1n) is 6.01. The molecule has 0 N–H and O–H groups in total. The Bertz CT molecular complexity index is 400. The van der Waals surface area contributed by atoms with Crippen LogP contribution < -0.4 is 0 Å². The van der Waals surface area contributed by atoms with Crippen molar-refractivity contribution in [2.75, 3.05) is 0 Å². The van der Waals surface area contributed by atoms with E-state index in [1.54, 1.807) is 0 Å². The van der Waals surface area contributed by atoms with Crippen molar-refractivity contribution in [1.29, 1.82) is 0 Å². The van der Waals surface area contributed by atoms with Crippen molar-refractivity contribution in [1.82, 2.24) is 0 Å². The largest absolute Gasteiger partial charge is 0.285 e. The molecule has 0 atom stereocenters. The summed E-state index contributed by atoms with van der Waals surface area (Å²) in [6.07, 6.45) is 2.01. The van der Waals surface area contributed by atoms with Crippen LogP contribution in [0.15, 0.2) is 23.0 Å². The van der Waals surface area contributed by atoms with E-state index in [0.717, 1.165) is 0 Å². The van der Waals surface area contributed by atoms with Crippen molar-refractivity contribution in [3.8, 4) is 0 Å². The third-order valence-corrected chi connectivity index (χ3v) is 2.60. The van der Waals surface area contributed by atoms with Gasteiger partial charge in [0.1, 0.15) is 5.83 Å². The predicted molar refractivity (Wildman–Crippen MR) is 65.1 cm³/mol. The molecule has 0 fully saturated rings. The van der Waals surface area contributed by atoms with Crippen LogP contribution in [0.5, 0.6) is 0 Å². The first-order valence-corrected chi connectivity index (χ1v) is 6.01. The second-order valence-corrected chi connectivity index (χ2v) is 5.35. The summed E-state index contributed by atoms with van der Waals surface area (Å²) in [6, 6.07) is 0. The van der Waals surface area contributed by atoms with Crippen LogP contribution in [0.2, 0.25) is 0 Å². The van der Waals surface area contributed by atoms with E-state index in [0.29, 0.717) is 18.4 Å². The van der Waals surface area contributed by atoms with Gasteiger partial charge in [0.05, 0.1) is 0 Å². The molecule has 0 aliphatic heterocycles. The second kappa shape index (κ2) is 5.39. The van der Waals surface area contributed by atoms with Crippen LogP contribution in [0.4, 0.5) is 4.39 Å². The minimum Gasteiger partial charge on any atom is -0.285 e. The van der Waals surface area contributed by atoms with Crippen LogP contribution in [-0.2, 0) is 9.59 Å². The van der Waals surface area contributed by atoms with Gasteiger partial charge in [0.2, 0.25) is 11.6 Å². The van der Waals surface area contributed by atoms with Gasteiger partial charge in [0.15, 0.2) is 0 Å². The number of halogens is 1. The van der Waals surface area contributed by atoms with Gasteiger partial charge in [0, 0.05) is 11.1 Å². The highest BCUT2D eigenvalue weighted by Gasteiger charge is 2.30. The minimum absolute atomic E-state index is 0.0394. The third kappa shape index (κ3) is 3.35. The lowest BCUT2D eigenvalue weighted by Gasteiger charge is -2.16. The van der Waals surface area contributed by atoms with Crippen molar-refractivity contribution >= 4 is 11.6 Å². The van der Waals surface area contributed by atoms with Gasteiger partial charge in [-0.2, -0.15) is 0 Å². The number of carbonyl (C=O) groups excluding carboxylic acids is 2. The van der Waals surface area contributed by atoms with Crippen LogP contribution in [0, 0.1) is 11.8 Å². The molecule has 0 heterocycles. The van der Waals surface area contributed by atoms with Gasteiger partial charge in [0.25, 0.3) is 0 Å². The van der Waals surface area contributed by atoms with Crippen molar-refractivity contribution in [3.63, 3.8) is 0 Å². The van der Waals surface area contributed by atoms with Crippen LogP contribution in [0.25, 0.3) is 0 Å². The van der Waals surface area contributed by atoms with E-state index < -0.39 is 17.4 Å². The molecule has 0 saturated carbocycles. The molecule has 0 radical (unpaired) electrons. The van der Waals surface area contributed by atoms with Gasteiger partial charge in [-0.05, 0) is 30.8 Å². The summed E-state index contributed by atoms with van der Waals surface area (Å²) in [5.41, 5.74) is 0.340. The molecular formula is C14H19FO2. The van der Waals surface area contributed by atoms with E-state index in [-0.39, 0.29) is 17.4 Å². The SMILES string of the molecule is CC(C)CC1=CC(F)=C(CC(C)C)C(=O)C1=O. The lowest BCUT2D eigenvalue weighted by Crippen LogP contribution is -2.24. The van der Waals surface area contributed by atoms with Gasteiger partial charge < -0.3 is 0 Å². The van der Waals surface area contributed by atoms with Crippen LogP contribution in [0.1, 0.15) is 40.5 Å². The molecule has 17 heavy (non-hydrogen) atoms. The van der Waals surface area contributed by atoms with E-state index in [4.69, 9.17) is 0 Å². The summed E-state index contributed by atoms with van der Waals surface area (Å²) in [6.45, 7) is 7.66. The first kappa shape index (κ1) is 13.8. The Morgan fingerprint density at radius 2 is 1.53 bits per heavy atom. The van der Waals surface area contributed by atoms with E-state index >= 15 is 0 Å². The molecule has 0 amide bonds. The highest BCUT2D eigenvalue weighted by atomic mass is 19.1. The molecule has 0 aromatic rings. The van der Waals surface area contributed by atoms with Gasteiger partial charge in [-0.1, -0.05) is 27.7 Å². The molecule has 0 aromatic carbocycles. The topological polar surface area (TPSA) is 34.1 Å². The Morgan fingerprint density at radius 3 is 2.00 bits per heavy atom. The van der Waals surface area contributed by atoms with Crippen molar-refractivity contribution < 1.29 is 14.0 Å². The molecule has 0 spiro atoms. The number of Topliss-reactive ketones (excluding diaryl/α,β-unsaturated/α-hetero) is 2. The monoisotopic (exact) mass is 238 g/mol. The molecule has 0 bridgehead atoms. The summed E-state index contributed by atoms with van der Waals surface area (Å²) < 4.78 is 13.8. The van der Waals surface area contributed by atoms with Crippen LogP contribution in [0.3, 0.4) is 0 Å². The maximum absolute atomic E-state index is 13.8. The maximum atomic E-state index is 13.8. The molecular weight excluding hydrogens is 219 g/mol. The molecule has 1 rings (SSSR count). The van der Waals surface area contributed by atoms with Crippen molar-refractivity contribution in [2.45, 2.75) is 40.5 Å². The fourth-order valence-electron chi connectivity index (χ4n) is 1.89. The average Bonchev–Trinajstić information content (AvgIpc) is 2.20. The summed E-state index contributed by atoms with van der Waals surface area (Å²) in [5, 5.41) is 0. The minimum atomic E-state index is -0.658. The zero-order valence-electron chi connectivity index (χ0n) is 10.8. The third-order valence-electron chi connectivity index (χ3n) is 2.60. The Hall–Kier alpha value is -1.25. The van der Waals surface area contributed by atoms with Gasteiger partial charge in [-0.25, -0.2) is 4.39 Å². The van der Waals surface area contributed by atoms with Gasteiger partial charge >= 0.3 is 0 Å². The van der Waals surface area contributed by atoms with Gasteiger partial charge in [-0.3, -0.25) is 9.59 Å². The molecule has 1 aliphatic carbocycles. The number of hydrogen-bond donors (Lipinski definition) is 0. The van der Waals surface area contributed by atoms with E-state index in [1.807, 2.05) is 27.7 Å². The van der Waals surface area contributed by atoms with Crippen molar-refractivity contribution in [3.05, 3.63) is 23.0 Å². The van der Waals surface area contributed by atoms with Crippen molar-refractivity contribution in [2.24, 2.45) is 11.8 Å². The molecule has 3 heteroatoms. The smallest absolute Gasteiger partial charge is 0.232 e. The molecule has 2 nitrogen and oxygen atoms in total. The lowest BCUT2D eigenvalue weighted by atomic mass is 9.86. The number of ketones is 2. The molecule has 1 aliphatic rings. The Labute approximate surface area is 102 Å². The second-order valence-electron chi connectivity index (χ2n) is 5.35. The first-order chi connectivity index (χ1) is 7.82. The summed E-state index contributed by atoms with van der Waals surface area (Å²) in [4.78, 5) is 23.6. The quantitative estimate of drug-likeness (QED) is 0.555. The number of allylic oxidation sites excluding steroid dienone is 4. The Balaban J connectivity index is 3.04. The fraction of sp³-hybridized carbons (Fsp3) is 0.571. The van der Waals surface area contributed by atoms with Crippen LogP contribution >= 0.6 is 0 Å². The lowest BCUT2D eigenvalue weighted by molar-refractivity contribution is -0.132. The number of carbonyl (C=O) groups is 2. The fourth-order valence-corrected chi connectivity index (χ4v) is 1.89. The molecule has 0 saturated heterocycles. The molecule has 94 valence electrons. The van der Waals surface area contributed by atoms with Gasteiger partial charge in [-0.15, -0.1) is 0 Å². The Morgan fingerprint density at radius 1 is 1.00 bits per heavy atom. The highest BCUT2D eigenvalue weighted by Crippen LogP contribution is 2.27. The van der Waals surface area contributed by atoms with E-state index in [2.05, 4.69) is 0 Å². The number of hydrogen-bond acceptors (Lipinski definition) is 2. The zero-order chi connectivity index (χ0) is 13.2. The summed E-state index contributed by atoms with van der Waals surface area (Å²) in [7, 11) is 0. The van der Waals surface area contributed by atoms with Crippen LogP contribution in [-0.4, -0.2) is 11.6 Å². The van der Waals surface area contributed by atoms with E-state index in [9.17, 15) is 14.0 Å². The predicted octanol–water partition coefficient (Wildman–Crippen LogP) is 3.38. The summed E-state index contributed by atoms with van der Waals surface area (Å²) >= 11 is 0. The normalized spacial score (nSPS) is 17.2. The standard InChI is InChI=1S/C14H19FO2/c1-8(2)5-10-7-12(15)11(6-9(3)4)14(17)13(10)16/h7-9H,5-6H2,1-4H3. The average molecular weight is 238 g/mol. The highest BCUT2D eigenvalue weighted by molar-refractivity contribution is 6.50. The Kier molecular flexibility index (Phi) is 4.38.